The highest BCUT2D eigenvalue weighted by molar-refractivity contribution is 9.10. The fourth-order valence-corrected chi connectivity index (χ4v) is 3.16. The smallest absolute Gasteiger partial charge is 0.0242 e. The second-order valence-electron chi connectivity index (χ2n) is 6.51. The van der Waals surface area contributed by atoms with Crippen LogP contribution >= 0.6 is 15.9 Å². The highest BCUT2D eigenvalue weighted by Crippen LogP contribution is 2.28. The van der Waals surface area contributed by atoms with Crippen LogP contribution < -0.4 is 5.32 Å². The van der Waals surface area contributed by atoms with E-state index in [1.54, 1.807) is 0 Å². The van der Waals surface area contributed by atoms with Crippen LogP contribution in [-0.4, -0.2) is 31.1 Å². The molecule has 0 fully saturated rings. The number of nitrogens with zero attached hydrogens (tertiary/aromatic N) is 1. The largest absolute Gasteiger partial charge is 0.314 e. The van der Waals surface area contributed by atoms with Gasteiger partial charge in [-0.25, -0.2) is 0 Å². The molecule has 0 atom stereocenters. The Bertz CT molecular complexity index is 413. The Labute approximate surface area is 139 Å². The Hall–Kier alpha value is -0.380. The van der Waals surface area contributed by atoms with Crippen LogP contribution in [0.5, 0.6) is 0 Å². The Balaban J connectivity index is 2.67. The van der Waals surface area contributed by atoms with Gasteiger partial charge in [0, 0.05) is 30.1 Å². The molecule has 2 nitrogen and oxygen atoms in total. The lowest BCUT2D eigenvalue weighted by atomic mass is 9.81. The summed E-state index contributed by atoms with van der Waals surface area (Å²) in [6, 6.07) is 9.06. The summed E-state index contributed by atoms with van der Waals surface area (Å²) >= 11 is 3.65. The summed E-state index contributed by atoms with van der Waals surface area (Å²) in [6.45, 7) is 12.3. The van der Waals surface area contributed by atoms with Gasteiger partial charge >= 0.3 is 0 Å². The molecule has 0 aliphatic carbocycles. The maximum Gasteiger partial charge on any atom is 0.0242 e. The monoisotopic (exact) mass is 354 g/mol. The average molecular weight is 355 g/mol. The second kappa shape index (κ2) is 8.92. The number of hydrogen-bond acceptors (Lipinski definition) is 2. The summed E-state index contributed by atoms with van der Waals surface area (Å²) in [4.78, 5) is 2.45. The molecule has 1 aromatic carbocycles. The minimum atomic E-state index is 0.361. The van der Waals surface area contributed by atoms with Gasteiger partial charge in [-0.1, -0.05) is 61.8 Å². The summed E-state index contributed by atoms with van der Waals surface area (Å²) in [5.74, 6) is 0. The zero-order valence-electron chi connectivity index (χ0n) is 14.2. The minimum Gasteiger partial charge on any atom is -0.314 e. The SMILES string of the molecule is CCC(CC)(CNC(C)C)CN(C)Cc1ccccc1Br. The fourth-order valence-electron chi connectivity index (χ4n) is 2.75. The molecule has 1 N–H and O–H groups in total. The molecule has 0 amide bonds. The molecule has 0 radical (unpaired) electrons. The van der Waals surface area contributed by atoms with E-state index in [4.69, 9.17) is 0 Å². The van der Waals surface area contributed by atoms with Crippen LogP contribution in [0.2, 0.25) is 0 Å². The van der Waals surface area contributed by atoms with E-state index in [1.165, 1.54) is 22.9 Å². The van der Waals surface area contributed by atoms with Crippen molar-refractivity contribution >= 4 is 15.9 Å². The van der Waals surface area contributed by atoms with Gasteiger partial charge in [0.2, 0.25) is 0 Å². The molecule has 1 aromatic rings. The maximum absolute atomic E-state index is 3.65. The number of hydrogen-bond donors (Lipinski definition) is 1. The first kappa shape index (κ1) is 18.7. The third-order valence-electron chi connectivity index (χ3n) is 4.39. The summed E-state index contributed by atoms with van der Waals surface area (Å²) in [5, 5.41) is 3.63. The van der Waals surface area contributed by atoms with Crippen molar-refractivity contribution < 1.29 is 0 Å². The quantitative estimate of drug-likeness (QED) is 0.692. The summed E-state index contributed by atoms with van der Waals surface area (Å²) in [6.07, 6.45) is 2.42. The van der Waals surface area contributed by atoms with E-state index < -0.39 is 0 Å². The highest BCUT2D eigenvalue weighted by atomic mass is 79.9. The summed E-state index contributed by atoms with van der Waals surface area (Å²) < 4.78 is 1.20. The molecule has 0 bridgehead atoms. The number of nitrogens with one attached hydrogen (secondary N) is 1. The molecule has 21 heavy (non-hydrogen) atoms. The molecule has 120 valence electrons. The van der Waals surface area contributed by atoms with Crippen LogP contribution in [-0.2, 0) is 6.54 Å². The maximum atomic E-state index is 3.65. The first-order chi connectivity index (χ1) is 9.92. The van der Waals surface area contributed by atoms with Crippen molar-refractivity contribution in [1.29, 1.82) is 0 Å². The van der Waals surface area contributed by atoms with E-state index in [0.29, 0.717) is 11.5 Å². The summed E-state index contributed by atoms with van der Waals surface area (Å²) in [7, 11) is 2.23. The van der Waals surface area contributed by atoms with Crippen LogP contribution in [0.3, 0.4) is 0 Å². The second-order valence-corrected chi connectivity index (χ2v) is 7.36. The Morgan fingerprint density at radius 3 is 2.33 bits per heavy atom. The van der Waals surface area contributed by atoms with Crippen LogP contribution in [0.25, 0.3) is 0 Å². The first-order valence-corrected chi connectivity index (χ1v) is 8.87. The normalized spacial score (nSPS) is 12.4. The third kappa shape index (κ3) is 6.09. The third-order valence-corrected chi connectivity index (χ3v) is 5.16. The number of rotatable bonds is 9. The molecule has 0 saturated heterocycles. The van der Waals surface area contributed by atoms with Crippen molar-refractivity contribution in [3.8, 4) is 0 Å². The van der Waals surface area contributed by atoms with Gasteiger partial charge in [-0.2, -0.15) is 0 Å². The van der Waals surface area contributed by atoms with Gasteiger partial charge in [0.05, 0.1) is 0 Å². The van der Waals surface area contributed by atoms with Gasteiger partial charge in [-0.15, -0.1) is 0 Å². The number of benzene rings is 1. The predicted octanol–water partition coefficient (Wildman–Crippen LogP) is 4.69. The average Bonchev–Trinajstić information content (AvgIpc) is 2.46. The van der Waals surface area contributed by atoms with Crippen LogP contribution in [0.15, 0.2) is 28.7 Å². The van der Waals surface area contributed by atoms with Gasteiger partial charge in [-0.3, -0.25) is 0 Å². The molecule has 0 aliphatic heterocycles. The van der Waals surface area contributed by atoms with Crippen molar-refractivity contribution in [3.63, 3.8) is 0 Å². The van der Waals surface area contributed by atoms with E-state index in [-0.39, 0.29) is 0 Å². The van der Waals surface area contributed by atoms with Gasteiger partial charge in [-0.05, 0) is 36.9 Å². The molecule has 0 aliphatic rings. The van der Waals surface area contributed by atoms with Crippen molar-refractivity contribution in [3.05, 3.63) is 34.3 Å². The molecule has 0 heterocycles. The molecule has 0 saturated carbocycles. The van der Waals surface area contributed by atoms with Crippen LogP contribution in [0, 0.1) is 5.41 Å². The predicted molar refractivity (Wildman–Crippen MR) is 96.6 cm³/mol. The van der Waals surface area contributed by atoms with Crippen molar-refractivity contribution in [1.82, 2.24) is 10.2 Å². The van der Waals surface area contributed by atoms with Crippen molar-refractivity contribution in [2.24, 2.45) is 5.41 Å². The van der Waals surface area contributed by atoms with E-state index >= 15 is 0 Å². The lowest BCUT2D eigenvalue weighted by molar-refractivity contribution is 0.148. The Morgan fingerprint density at radius 1 is 1.19 bits per heavy atom. The van der Waals surface area contributed by atoms with Crippen LogP contribution in [0.1, 0.15) is 46.1 Å². The number of halogens is 1. The van der Waals surface area contributed by atoms with E-state index in [2.05, 4.69) is 85.2 Å². The van der Waals surface area contributed by atoms with Crippen molar-refractivity contribution in [2.75, 3.05) is 20.1 Å². The minimum absolute atomic E-state index is 0.361. The van der Waals surface area contributed by atoms with Gasteiger partial charge in [0.1, 0.15) is 0 Å². The fraction of sp³-hybridized carbons (Fsp3) is 0.667. The Morgan fingerprint density at radius 2 is 1.81 bits per heavy atom. The van der Waals surface area contributed by atoms with Gasteiger partial charge in [0.25, 0.3) is 0 Å². The molecule has 0 spiro atoms. The zero-order chi connectivity index (χ0) is 15.9. The zero-order valence-corrected chi connectivity index (χ0v) is 15.8. The van der Waals surface area contributed by atoms with Crippen LogP contribution in [0.4, 0.5) is 0 Å². The molecule has 0 unspecified atom stereocenters. The first-order valence-electron chi connectivity index (χ1n) is 8.07. The summed E-state index contributed by atoms with van der Waals surface area (Å²) in [5.41, 5.74) is 1.72. The molecular weight excluding hydrogens is 324 g/mol. The highest BCUT2D eigenvalue weighted by Gasteiger charge is 2.27. The molecule has 1 rings (SSSR count). The van der Waals surface area contributed by atoms with E-state index in [0.717, 1.165) is 19.6 Å². The lowest BCUT2D eigenvalue weighted by Gasteiger charge is -2.37. The van der Waals surface area contributed by atoms with E-state index in [1.807, 2.05) is 0 Å². The van der Waals surface area contributed by atoms with Gasteiger partial charge < -0.3 is 10.2 Å². The standard InChI is InChI=1S/C18H31BrN2/c1-6-18(7-2,13-20-15(3)4)14-21(5)12-16-10-8-9-11-17(16)19/h8-11,15,20H,6-7,12-14H2,1-5H3. The molecular formula is C18H31BrN2. The van der Waals surface area contributed by atoms with E-state index in [9.17, 15) is 0 Å². The Kier molecular flexibility index (Phi) is 7.93. The van der Waals surface area contributed by atoms with Crippen molar-refractivity contribution in [2.45, 2.75) is 53.1 Å². The van der Waals surface area contributed by atoms with Gasteiger partial charge in [0.15, 0.2) is 0 Å². The molecule has 0 aromatic heterocycles. The lowest BCUT2D eigenvalue weighted by Crippen LogP contribution is -2.44. The topological polar surface area (TPSA) is 15.3 Å². The molecule has 3 heteroatoms.